The SMILES string of the molecule is C=CC(=O)OCCCCCC1(CCCCCOC(=O)C=C)c2cc(-c3ccc4ccc5cc(C(C)(C)C)cc6ccc3c4c56)ccc2-c2ccc(C(F)(F)C(F)(F)C(F)(F)C(F)(F)F)cc21. The molecule has 6 aromatic rings. The van der Waals surface area contributed by atoms with E-state index in [1.165, 1.54) is 5.56 Å². The van der Waals surface area contributed by atoms with E-state index in [9.17, 15) is 31.5 Å². The van der Waals surface area contributed by atoms with Gasteiger partial charge in [0.25, 0.3) is 0 Å². The molecule has 0 saturated heterocycles. The summed E-state index contributed by atoms with van der Waals surface area (Å²) in [5, 5.41) is 6.21. The van der Waals surface area contributed by atoms with Crippen molar-refractivity contribution in [1.29, 1.82) is 0 Å². The second kappa shape index (κ2) is 17.8. The molecule has 1 aliphatic carbocycles. The molecular weight excluding hydrogens is 872 g/mol. The summed E-state index contributed by atoms with van der Waals surface area (Å²) in [5.74, 6) is -21.1. The van der Waals surface area contributed by atoms with Crippen LogP contribution in [0.2, 0.25) is 0 Å². The highest BCUT2D eigenvalue weighted by molar-refractivity contribution is 6.25. The number of halogens is 9. The van der Waals surface area contributed by atoms with E-state index in [0.29, 0.717) is 67.3 Å². The first-order valence-electron chi connectivity index (χ1n) is 21.8. The summed E-state index contributed by atoms with van der Waals surface area (Å²) < 4.78 is 141. The maximum atomic E-state index is 15.8. The number of unbranched alkanes of at least 4 members (excludes halogenated alkanes) is 4. The molecule has 0 atom stereocenters. The van der Waals surface area contributed by atoms with Crippen molar-refractivity contribution in [3.8, 4) is 22.3 Å². The molecule has 0 aliphatic heterocycles. The van der Waals surface area contributed by atoms with Crippen LogP contribution >= 0.6 is 0 Å². The Morgan fingerprint density at radius 1 is 0.545 bits per heavy atom. The molecule has 0 aromatic heterocycles. The summed E-state index contributed by atoms with van der Waals surface area (Å²) in [6, 6.07) is 24.5. The van der Waals surface area contributed by atoms with E-state index in [1.807, 2.05) is 24.3 Å². The van der Waals surface area contributed by atoms with Crippen LogP contribution in [0.15, 0.2) is 110 Å². The quantitative estimate of drug-likeness (QED) is 0.0283. The van der Waals surface area contributed by atoms with Crippen molar-refractivity contribution in [1.82, 2.24) is 0 Å². The van der Waals surface area contributed by atoms with Crippen LogP contribution in [0, 0.1) is 0 Å². The molecule has 0 amide bonds. The fraction of sp³-hybridized carbons (Fsp3) is 0.358. The van der Waals surface area contributed by atoms with Gasteiger partial charge in [0.1, 0.15) is 0 Å². The molecule has 0 radical (unpaired) electrons. The fourth-order valence-corrected chi connectivity index (χ4v) is 9.46. The highest BCUT2D eigenvalue weighted by Gasteiger charge is 2.82. The third-order valence-electron chi connectivity index (χ3n) is 13.0. The smallest absolute Gasteiger partial charge is 0.460 e. The van der Waals surface area contributed by atoms with Gasteiger partial charge in [0.15, 0.2) is 0 Å². The lowest BCUT2D eigenvalue weighted by Crippen LogP contribution is -2.59. The van der Waals surface area contributed by atoms with E-state index < -0.39 is 46.9 Å². The minimum atomic E-state index is -7.07. The van der Waals surface area contributed by atoms with Gasteiger partial charge in [0, 0.05) is 23.1 Å². The zero-order valence-corrected chi connectivity index (χ0v) is 36.8. The van der Waals surface area contributed by atoms with Crippen LogP contribution in [0.5, 0.6) is 0 Å². The summed E-state index contributed by atoms with van der Waals surface area (Å²) in [4.78, 5) is 23.4. The molecule has 0 heterocycles. The number of rotatable bonds is 18. The van der Waals surface area contributed by atoms with E-state index >= 15 is 17.6 Å². The molecule has 0 unspecified atom stereocenters. The number of carbonyl (C=O) groups excluding carboxylic acids is 2. The minimum Gasteiger partial charge on any atom is -0.463 e. The zero-order valence-electron chi connectivity index (χ0n) is 36.8. The highest BCUT2D eigenvalue weighted by Crippen LogP contribution is 2.60. The molecule has 7 rings (SSSR count). The van der Waals surface area contributed by atoms with Crippen molar-refractivity contribution < 1.29 is 58.6 Å². The predicted octanol–water partition coefficient (Wildman–Crippen LogP) is 15.3. The first-order valence-corrected chi connectivity index (χ1v) is 21.8. The van der Waals surface area contributed by atoms with Crippen molar-refractivity contribution in [2.45, 2.75) is 107 Å². The number of benzene rings is 6. The summed E-state index contributed by atoms with van der Waals surface area (Å²) in [6.45, 7) is 13.3. The van der Waals surface area contributed by atoms with Crippen molar-refractivity contribution >= 4 is 44.3 Å². The van der Waals surface area contributed by atoms with Gasteiger partial charge in [-0.05, 0) is 114 Å². The Morgan fingerprint density at radius 3 is 1.59 bits per heavy atom. The second-order valence-corrected chi connectivity index (χ2v) is 18.1. The molecule has 0 saturated carbocycles. The molecule has 1 aliphatic rings. The van der Waals surface area contributed by atoms with Crippen molar-refractivity contribution in [3.63, 3.8) is 0 Å². The average molecular weight is 921 g/mol. The van der Waals surface area contributed by atoms with Crippen molar-refractivity contribution in [2.24, 2.45) is 0 Å². The Bertz CT molecular complexity index is 2770. The van der Waals surface area contributed by atoms with Crippen LogP contribution < -0.4 is 0 Å². The summed E-state index contributed by atoms with van der Waals surface area (Å²) in [7, 11) is 0. The van der Waals surface area contributed by atoms with Crippen LogP contribution in [0.1, 0.15) is 94.4 Å². The van der Waals surface area contributed by atoms with Gasteiger partial charge in [-0.25, -0.2) is 9.59 Å². The minimum absolute atomic E-state index is 0.0453. The van der Waals surface area contributed by atoms with E-state index in [1.54, 1.807) is 6.07 Å². The second-order valence-electron chi connectivity index (χ2n) is 18.1. The Balaban J connectivity index is 1.38. The molecule has 0 fully saturated rings. The number of ether oxygens (including phenoxy) is 2. The summed E-state index contributed by atoms with van der Waals surface area (Å²) >= 11 is 0. The van der Waals surface area contributed by atoms with Crippen LogP contribution in [0.25, 0.3) is 54.6 Å². The number of alkyl halides is 9. The lowest BCUT2D eigenvalue weighted by atomic mass is 9.70. The maximum Gasteiger partial charge on any atom is 0.460 e. The Kier molecular flexibility index (Phi) is 12.9. The average Bonchev–Trinajstić information content (AvgIpc) is 3.54. The van der Waals surface area contributed by atoms with Crippen molar-refractivity contribution in [2.75, 3.05) is 13.2 Å². The Hall–Kier alpha value is -5.85. The molecule has 348 valence electrons. The van der Waals surface area contributed by atoms with E-state index in [2.05, 4.69) is 70.3 Å². The van der Waals surface area contributed by atoms with Crippen LogP contribution in [-0.4, -0.2) is 43.2 Å². The molecule has 13 heteroatoms. The van der Waals surface area contributed by atoms with E-state index in [-0.39, 0.29) is 37.0 Å². The van der Waals surface area contributed by atoms with Gasteiger partial charge < -0.3 is 9.47 Å². The first-order chi connectivity index (χ1) is 31.0. The monoisotopic (exact) mass is 920 g/mol. The van der Waals surface area contributed by atoms with Gasteiger partial charge in [-0.2, -0.15) is 39.5 Å². The maximum absolute atomic E-state index is 15.8. The lowest BCUT2D eigenvalue weighted by Gasteiger charge is -2.36. The molecule has 0 N–H and O–H groups in total. The van der Waals surface area contributed by atoms with Gasteiger partial charge in [-0.3, -0.25) is 0 Å². The number of fused-ring (bicyclic) bond motifs is 3. The highest BCUT2D eigenvalue weighted by atomic mass is 19.4. The third kappa shape index (κ3) is 8.42. The molecule has 0 spiro atoms. The van der Waals surface area contributed by atoms with Gasteiger partial charge in [0.2, 0.25) is 0 Å². The molecule has 6 aromatic carbocycles. The van der Waals surface area contributed by atoms with E-state index in [0.717, 1.165) is 61.7 Å². The Morgan fingerprint density at radius 2 is 1.05 bits per heavy atom. The van der Waals surface area contributed by atoms with Crippen LogP contribution in [-0.2, 0) is 35.8 Å². The number of hydrogen-bond acceptors (Lipinski definition) is 4. The molecule has 66 heavy (non-hydrogen) atoms. The largest absolute Gasteiger partial charge is 0.463 e. The van der Waals surface area contributed by atoms with E-state index in [4.69, 9.17) is 9.47 Å². The topological polar surface area (TPSA) is 52.6 Å². The van der Waals surface area contributed by atoms with Crippen LogP contribution in [0.4, 0.5) is 39.5 Å². The lowest BCUT2D eigenvalue weighted by molar-refractivity contribution is -0.399. The summed E-state index contributed by atoms with van der Waals surface area (Å²) in [5.41, 5.74) is 1.34. The fourth-order valence-electron chi connectivity index (χ4n) is 9.46. The van der Waals surface area contributed by atoms with Crippen molar-refractivity contribution in [3.05, 3.63) is 132 Å². The number of hydrogen-bond donors (Lipinski definition) is 0. The predicted molar refractivity (Wildman–Crippen MR) is 240 cm³/mol. The Labute approximate surface area is 376 Å². The zero-order chi connectivity index (χ0) is 48.0. The van der Waals surface area contributed by atoms with Gasteiger partial charge in [-0.15, -0.1) is 0 Å². The standard InChI is InChI=1S/C53H49F9O4/c1-6-44(63)65-26-12-8-10-24-49(25-11-9-13-27-66-45(64)7-2)42-30-33(38-20-16-32-14-15-34-28-37(48(3,4)5)29-35-18-22-41(38)47(32)46(34)35)17-21-39(42)40-23-19-36(31-43(40)49)50(54,55)51(56,57)52(58,59)53(60,61)62/h6-7,14-23,28-31H,1-2,8-13,24-27H2,3-5H3. The van der Waals surface area contributed by atoms with Crippen LogP contribution in [0.3, 0.4) is 0 Å². The number of esters is 2. The molecular formula is C53H49F9O4. The third-order valence-corrected chi connectivity index (χ3v) is 13.0. The first kappa shape index (κ1) is 48.1. The molecule has 0 bridgehead atoms. The van der Waals surface area contributed by atoms with Gasteiger partial charge in [-0.1, -0.05) is 132 Å². The van der Waals surface area contributed by atoms with Gasteiger partial charge in [0.05, 0.1) is 13.2 Å². The van der Waals surface area contributed by atoms with Gasteiger partial charge >= 0.3 is 35.9 Å². The normalized spacial score (nSPS) is 14.1. The number of carbonyl (C=O) groups is 2. The molecule has 4 nitrogen and oxygen atoms in total. The summed E-state index contributed by atoms with van der Waals surface area (Å²) in [6.07, 6.45) is -2.10.